The van der Waals surface area contributed by atoms with Crippen LogP contribution in [-0.4, -0.2) is 36.1 Å². The van der Waals surface area contributed by atoms with Crippen molar-refractivity contribution < 1.29 is 8.42 Å². The summed E-state index contributed by atoms with van der Waals surface area (Å²) in [5, 5.41) is -0.779. The van der Waals surface area contributed by atoms with E-state index >= 15 is 0 Å². The van der Waals surface area contributed by atoms with Crippen molar-refractivity contribution in [3.8, 4) is 0 Å². The molecule has 0 aromatic rings. The van der Waals surface area contributed by atoms with Crippen molar-refractivity contribution in [2.75, 3.05) is 7.05 Å². The average Bonchev–Trinajstić information content (AvgIpc) is 2.97. The maximum absolute atomic E-state index is 12.0. The van der Waals surface area contributed by atoms with Gasteiger partial charge in [0.1, 0.15) is 5.25 Å². The molecular weight excluding hydrogens is 232 g/mol. The number of hydrogen-bond acceptors (Lipinski definition) is 3. The van der Waals surface area contributed by atoms with Crippen LogP contribution in [0.1, 0.15) is 26.7 Å². The lowest BCUT2D eigenvalue weighted by molar-refractivity contribution is 0.356. The first kappa shape index (κ1) is 12.9. The minimum atomic E-state index is -3.38. The third kappa shape index (κ3) is 2.68. The topological polar surface area (TPSA) is 63.4 Å². The molecule has 0 bridgehead atoms. The van der Waals surface area contributed by atoms with Crippen LogP contribution < -0.4 is 5.73 Å². The summed E-state index contributed by atoms with van der Waals surface area (Å²) in [6.45, 7) is 3.47. The smallest absolute Gasteiger partial charge is 0.223 e. The molecular formula is C9H18N2O2S2. The Labute approximate surface area is 96.9 Å². The van der Waals surface area contributed by atoms with Gasteiger partial charge in [0.2, 0.25) is 10.0 Å². The largest absolute Gasteiger partial charge is 0.392 e. The molecule has 0 saturated heterocycles. The normalized spacial score (nSPS) is 21.3. The van der Waals surface area contributed by atoms with Crippen LogP contribution in [0, 0.1) is 5.92 Å². The van der Waals surface area contributed by atoms with Crippen LogP contribution in [0.25, 0.3) is 0 Å². The number of nitrogens with zero attached hydrogens (tertiary/aromatic N) is 1. The van der Waals surface area contributed by atoms with Crippen molar-refractivity contribution >= 4 is 27.2 Å². The van der Waals surface area contributed by atoms with Gasteiger partial charge in [0.25, 0.3) is 0 Å². The highest BCUT2D eigenvalue weighted by Gasteiger charge is 2.38. The summed E-state index contributed by atoms with van der Waals surface area (Å²) in [6.07, 6.45) is 2.23. The number of sulfonamides is 1. The van der Waals surface area contributed by atoms with Gasteiger partial charge >= 0.3 is 0 Å². The van der Waals surface area contributed by atoms with Crippen LogP contribution in [0.2, 0.25) is 0 Å². The van der Waals surface area contributed by atoms with Gasteiger partial charge in [-0.25, -0.2) is 12.7 Å². The molecule has 2 atom stereocenters. The Bertz CT molecular complexity index is 349. The second-order valence-corrected chi connectivity index (χ2v) is 6.97. The molecule has 0 amide bonds. The van der Waals surface area contributed by atoms with E-state index in [1.165, 1.54) is 11.2 Å². The number of rotatable bonds is 5. The molecule has 6 heteroatoms. The SMILES string of the molecule is CC(C1CC1)N(C)S(=O)(=O)C(C)C(N)=S. The summed E-state index contributed by atoms with van der Waals surface area (Å²) in [7, 11) is -1.77. The van der Waals surface area contributed by atoms with E-state index in [-0.39, 0.29) is 11.0 Å². The molecule has 0 aliphatic heterocycles. The highest BCUT2D eigenvalue weighted by Crippen LogP contribution is 2.35. The van der Waals surface area contributed by atoms with Crippen molar-refractivity contribution in [2.24, 2.45) is 11.7 Å². The van der Waals surface area contributed by atoms with E-state index in [1.807, 2.05) is 6.92 Å². The zero-order valence-corrected chi connectivity index (χ0v) is 10.9. The highest BCUT2D eigenvalue weighted by molar-refractivity contribution is 7.92. The van der Waals surface area contributed by atoms with E-state index in [0.29, 0.717) is 5.92 Å². The Balaban J connectivity index is 2.80. The zero-order valence-electron chi connectivity index (χ0n) is 9.30. The van der Waals surface area contributed by atoms with Gasteiger partial charge in [0.05, 0.1) is 4.99 Å². The van der Waals surface area contributed by atoms with E-state index in [9.17, 15) is 8.42 Å². The number of thiocarbonyl (C=S) groups is 1. The molecule has 0 heterocycles. The number of hydrogen-bond donors (Lipinski definition) is 1. The summed E-state index contributed by atoms with van der Waals surface area (Å²) in [6, 6.07) is 0.0480. The van der Waals surface area contributed by atoms with Crippen LogP contribution in [0.3, 0.4) is 0 Å². The predicted molar refractivity (Wildman–Crippen MR) is 65.1 cm³/mol. The summed E-state index contributed by atoms with van der Waals surface area (Å²) < 4.78 is 25.4. The average molecular weight is 250 g/mol. The zero-order chi connectivity index (χ0) is 11.8. The van der Waals surface area contributed by atoms with Crippen molar-refractivity contribution in [1.29, 1.82) is 0 Å². The van der Waals surface area contributed by atoms with Crippen LogP contribution in [0.5, 0.6) is 0 Å². The lowest BCUT2D eigenvalue weighted by atomic mass is 10.2. The second-order valence-electron chi connectivity index (χ2n) is 4.18. The minimum absolute atomic E-state index is 0.0323. The predicted octanol–water partition coefficient (Wildman–Crippen LogP) is 0.721. The second kappa shape index (κ2) is 4.35. The monoisotopic (exact) mass is 250 g/mol. The molecule has 2 unspecified atom stereocenters. The Morgan fingerprint density at radius 1 is 1.47 bits per heavy atom. The van der Waals surface area contributed by atoms with Gasteiger partial charge < -0.3 is 5.73 Å². The Hall–Kier alpha value is -0.200. The van der Waals surface area contributed by atoms with Crippen LogP contribution in [0.4, 0.5) is 0 Å². The van der Waals surface area contributed by atoms with Gasteiger partial charge in [0.15, 0.2) is 0 Å². The van der Waals surface area contributed by atoms with E-state index in [0.717, 1.165) is 12.8 Å². The van der Waals surface area contributed by atoms with Gasteiger partial charge in [-0.1, -0.05) is 12.2 Å². The Kier molecular flexibility index (Phi) is 3.73. The Morgan fingerprint density at radius 2 is 1.93 bits per heavy atom. The molecule has 0 radical (unpaired) electrons. The molecule has 15 heavy (non-hydrogen) atoms. The maximum Gasteiger partial charge on any atom is 0.223 e. The lowest BCUT2D eigenvalue weighted by Crippen LogP contribution is -2.45. The van der Waals surface area contributed by atoms with Crippen LogP contribution in [-0.2, 0) is 10.0 Å². The van der Waals surface area contributed by atoms with Gasteiger partial charge in [-0.05, 0) is 32.6 Å². The standard InChI is InChI=1S/C9H18N2O2S2/c1-6(8-4-5-8)11(3)15(12,13)7(2)9(10)14/h6-8H,4-5H2,1-3H3,(H2,10,14). The summed E-state index contributed by atoms with van der Waals surface area (Å²) in [5.74, 6) is 0.503. The summed E-state index contributed by atoms with van der Waals surface area (Å²) in [4.78, 5) is 0.0323. The fourth-order valence-electron chi connectivity index (χ4n) is 1.50. The molecule has 1 aliphatic carbocycles. The van der Waals surface area contributed by atoms with Gasteiger partial charge in [-0.2, -0.15) is 0 Å². The van der Waals surface area contributed by atoms with E-state index < -0.39 is 15.3 Å². The molecule has 1 aliphatic rings. The van der Waals surface area contributed by atoms with Gasteiger partial charge in [0, 0.05) is 13.1 Å². The maximum atomic E-state index is 12.0. The summed E-state index contributed by atoms with van der Waals surface area (Å²) in [5.41, 5.74) is 5.38. The molecule has 2 N–H and O–H groups in total. The molecule has 4 nitrogen and oxygen atoms in total. The van der Waals surface area contributed by atoms with Crippen molar-refractivity contribution in [2.45, 2.75) is 38.0 Å². The third-order valence-corrected chi connectivity index (χ3v) is 5.91. The van der Waals surface area contributed by atoms with Gasteiger partial charge in [-0.15, -0.1) is 0 Å². The summed E-state index contributed by atoms with van der Waals surface area (Å²) >= 11 is 4.73. The molecule has 1 rings (SSSR count). The quantitative estimate of drug-likeness (QED) is 0.730. The molecule has 1 saturated carbocycles. The van der Waals surface area contributed by atoms with Gasteiger partial charge in [-0.3, -0.25) is 0 Å². The third-order valence-electron chi connectivity index (χ3n) is 3.13. The molecule has 1 fully saturated rings. The highest BCUT2D eigenvalue weighted by atomic mass is 32.2. The Morgan fingerprint density at radius 3 is 2.27 bits per heavy atom. The van der Waals surface area contributed by atoms with Crippen molar-refractivity contribution in [3.63, 3.8) is 0 Å². The van der Waals surface area contributed by atoms with Crippen molar-refractivity contribution in [3.05, 3.63) is 0 Å². The number of nitrogens with two attached hydrogens (primary N) is 1. The fraction of sp³-hybridized carbons (Fsp3) is 0.889. The molecule has 0 aromatic heterocycles. The molecule has 0 aromatic carbocycles. The van der Waals surface area contributed by atoms with Crippen LogP contribution in [0.15, 0.2) is 0 Å². The first-order valence-corrected chi connectivity index (χ1v) is 6.95. The fourth-order valence-corrected chi connectivity index (χ4v) is 3.30. The first-order chi connectivity index (χ1) is 6.78. The minimum Gasteiger partial charge on any atom is -0.392 e. The lowest BCUT2D eigenvalue weighted by Gasteiger charge is -2.26. The van der Waals surface area contributed by atoms with E-state index in [1.54, 1.807) is 7.05 Å². The van der Waals surface area contributed by atoms with Crippen molar-refractivity contribution in [1.82, 2.24) is 4.31 Å². The van der Waals surface area contributed by atoms with E-state index in [2.05, 4.69) is 0 Å². The van der Waals surface area contributed by atoms with Crippen LogP contribution >= 0.6 is 12.2 Å². The van der Waals surface area contributed by atoms with E-state index in [4.69, 9.17) is 18.0 Å². The molecule has 0 spiro atoms. The molecule has 88 valence electrons. The first-order valence-electron chi connectivity index (χ1n) is 5.04.